The van der Waals surface area contributed by atoms with Crippen LogP contribution in [0.4, 0.5) is 5.69 Å². The standard InChI is InChI=1S/C13H19ClN4O2S/c1-9(2)18-13-11(6-16-18)4-12(7-15-13)17-21(19,20)8-10(3)5-14/h4,6-7,9-10,17H,5,8H2,1-3H3. The molecule has 0 saturated carbocycles. The number of hydrogen-bond donors (Lipinski definition) is 1. The summed E-state index contributed by atoms with van der Waals surface area (Å²) in [5.74, 6) is 0.184. The number of alkyl halides is 1. The molecule has 0 saturated heterocycles. The van der Waals surface area contributed by atoms with Gasteiger partial charge >= 0.3 is 0 Å². The van der Waals surface area contributed by atoms with Crippen molar-refractivity contribution in [3.05, 3.63) is 18.5 Å². The number of pyridine rings is 1. The van der Waals surface area contributed by atoms with Crippen molar-refractivity contribution in [3.8, 4) is 0 Å². The molecule has 0 radical (unpaired) electrons. The molecule has 0 bridgehead atoms. The fourth-order valence-electron chi connectivity index (χ4n) is 2.01. The first-order valence-corrected chi connectivity index (χ1v) is 8.91. The molecule has 0 spiro atoms. The van der Waals surface area contributed by atoms with E-state index in [4.69, 9.17) is 11.6 Å². The van der Waals surface area contributed by atoms with Crippen LogP contribution in [0.3, 0.4) is 0 Å². The lowest BCUT2D eigenvalue weighted by Gasteiger charge is -2.11. The predicted molar refractivity (Wildman–Crippen MR) is 85.2 cm³/mol. The molecule has 0 aromatic carbocycles. The molecule has 2 heterocycles. The van der Waals surface area contributed by atoms with Crippen molar-refractivity contribution in [2.45, 2.75) is 26.8 Å². The van der Waals surface area contributed by atoms with Gasteiger partial charge in [0.25, 0.3) is 0 Å². The molecule has 0 amide bonds. The molecule has 0 fully saturated rings. The molecule has 2 aromatic heterocycles. The maximum absolute atomic E-state index is 12.0. The van der Waals surface area contributed by atoms with Crippen LogP contribution >= 0.6 is 11.6 Å². The zero-order chi connectivity index (χ0) is 15.6. The lowest BCUT2D eigenvalue weighted by molar-refractivity contribution is 0.546. The van der Waals surface area contributed by atoms with E-state index in [2.05, 4.69) is 14.8 Å². The minimum atomic E-state index is -3.43. The third-order valence-electron chi connectivity index (χ3n) is 2.96. The molecular weight excluding hydrogens is 312 g/mol. The van der Waals surface area contributed by atoms with Crippen LogP contribution in [0, 0.1) is 5.92 Å². The molecule has 1 unspecified atom stereocenters. The van der Waals surface area contributed by atoms with Crippen LogP contribution in [-0.4, -0.2) is 34.8 Å². The zero-order valence-electron chi connectivity index (χ0n) is 12.2. The van der Waals surface area contributed by atoms with Crippen molar-refractivity contribution in [2.75, 3.05) is 16.4 Å². The van der Waals surface area contributed by atoms with Crippen LogP contribution in [0.2, 0.25) is 0 Å². The van der Waals surface area contributed by atoms with Gasteiger partial charge in [-0.1, -0.05) is 6.92 Å². The van der Waals surface area contributed by atoms with Gasteiger partial charge in [-0.05, 0) is 25.8 Å². The number of fused-ring (bicyclic) bond motifs is 1. The molecule has 6 nitrogen and oxygen atoms in total. The monoisotopic (exact) mass is 330 g/mol. The van der Waals surface area contributed by atoms with E-state index < -0.39 is 10.0 Å². The summed E-state index contributed by atoms with van der Waals surface area (Å²) in [7, 11) is -3.43. The first-order valence-electron chi connectivity index (χ1n) is 6.72. The van der Waals surface area contributed by atoms with E-state index in [1.807, 2.05) is 13.8 Å². The van der Waals surface area contributed by atoms with Gasteiger partial charge in [-0.15, -0.1) is 11.6 Å². The third kappa shape index (κ3) is 3.85. The zero-order valence-corrected chi connectivity index (χ0v) is 13.8. The molecular formula is C13H19ClN4O2S. The SMILES string of the molecule is CC(CCl)CS(=O)(=O)Nc1cnc2c(cnn2C(C)C)c1. The molecule has 0 aliphatic heterocycles. The van der Waals surface area contributed by atoms with Crippen molar-refractivity contribution >= 4 is 38.3 Å². The maximum Gasteiger partial charge on any atom is 0.233 e. The fraction of sp³-hybridized carbons (Fsp3) is 0.538. The summed E-state index contributed by atoms with van der Waals surface area (Å²) in [5.41, 5.74) is 1.18. The lowest BCUT2D eigenvalue weighted by atomic mass is 10.3. The Morgan fingerprint density at radius 2 is 2.05 bits per heavy atom. The number of rotatable bonds is 6. The Balaban J connectivity index is 2.24. The second kappa shape index (κ2) is 6.19. The van der Waals surface area contributed by atoms with E-state index in [-0.39, 0.29) is 17.7 Å². The van der Waals surface area contributed by atoms with Crippen LogP contribution in [0.15, 0.2) is 18.5 Å². The number of aromatic nitrogens is 3. The Morgan fingerprint density at radius 1 is 1.33 bits per heavy atom. The normalized spacial score (nSPS) is 13.8. The highest BCUT2D eigenvalue weighted by Crippen LogP contribution is 2.20. The van der Waals surface area contributed by atoms with Crippen molar-refractivity contribution in [1.29, 1.82) is 0 Å². The van der Waals surface area contributed by atoms with Gasteiger partial charge in [-0.25, -0.2) is 18.1 Å². The highest BCUT2D eigenvalue weighted by Gasteiger charge is 2.16. The van der Waals surface area contributed by atoms with E-state index in [0.717, 1.165) is 11.0 Å². The first-order chi connectivity index (χ1) is 9.82. The Kier molecular flexibility index (Phi) is 4.73. The minimum Gasteiger partial charge on any atom is -0.282 e. The average Bonchev–Trinajstić information content (AvgIpc) is 2.80. The van der Waals surface area contributed by atoms with Crippen LogP contribution < -0.4 is 4.72 Å². The Hall–Kier alpha value is -1.34. The molecule has 8 heteroatoms. The van der Waals surface area contributed by atoms with Gasteiger partial charge in [0.15, 0.2) is 5.65 Å². The summed E-state index contributed by atoms with van der Waals surface area (Å²) < 4.78 is 28.3. The molecule has 1 N–H and O–H groups in total. The van der Waals surface area contributed by atoms with Crippen molar-refractivity contribution in [1.82, 2.24) is 14.8 Å². The fourth-order valence-corrected chi connectivity index (χ4v) is 3.67. The summed E-state index contributed by atoms with van der Waals surface area (Å²) in [6, 6.07) is 1.93. The molecule has 1 atom stereocenters. The van der Waals surface area contributed by atoms with E-state index in [1.165, 1.54) is 6.20 Å². The van der Waals surface area contributed by atoms with Gasteiger partial charge in [0.1, 0.15) is 0 Å². The van der Waals surface area contributed by atoms with Gasteiger partial charge in [0.2, 0.25) is 10.0 Å². The first kappa shape index (κ1) is 16.0. The number of nitrogens with one attached hydrogen (secondary N) is 1. The molecule has 0 aliphatic carbocycles. The molecule has 0 aliphatic rings. The number of halogens is 1. The lowest BCUT2D eigenvalue weighted by Crippen LogP contribution is -2.22. The molecule has 116 valence electrons. The van der Waals surface area contributed by atoms with Crippen molar-refractivity contribution in [2.24, 2.45) is 5.92 Å². The second-order valence-electron chi connectivity index (χ2n) is 5.46. The van der Waals surface area contributed by atoms with Crippen molar-refractivity contribution < 1.29 is 8.42 Å². The van der Waals surface area contributed by atoms with Crippen LogP contribution in [-0.2, 0) is 10.0 Å². The van der Waals surface area contributed by atoms with Gasteiger partial charge in [-0.2, -0.15) is 5.10 Å². The highest BCUT2D eigenvalue weighted by atomic mass is 35.5. The third-order valence-corrected chi connectivity index (χ3v) is 5.04. The van der Waals surface area contributed by atoms with Crippen molar-refractivity contribution in [3.63, 3.8) is 0 Å². The Labute approximate surface area is 129 Å². The van der Waals surface area contributed by atoms with Gasteiger partial charge in [0.05, 0.1) is 23.8 Å². The number of sulfonamides is 1. The second-order valence-corrected chi connectivity index (χ2v) is 7.54. The molecule has 2 aromatic rings. The average molecular weight is 331 g/mol. The summed E-state index contributed by atoms with van der Waals surface area (Å²) in [5, 5.41) is 5.05. The number of hydrogen-bond acceptors (Lipinski definition) is 4. The highest BCUT2D eigenvalue weighted by molar-refractivity contribution is 7.92. The van der Waals surface area contributed by atoms with E-state index in [9.17, 15) is 8.42 Å². The number of anilines is 1. The largest absolute Gasteiger partial charge is 0.282 e. The van der Waals surface area contributed by atoms with Gasteiger partial charge in [-0.3, -0.25) is 4.72 Å². The van der Waals surface area contributed by atoms with E-state index in [0.29, 0.717) is 11.6 Å². The Morgan fingerprint density at radius 3 is 2.67 bits per heavy atom. The molecule has 21 heavy (non-hydrogen) atoms. The number of nitrogens with zero attached hydrogens (tertiary/aromatic N) is 3. The van der Waals surface area contributed by atoms with Crippen LogP contribution in [0.5, 0.6) is 0 Å². The maximum atomic E-state index is 12.0. The summed E-state index contributed by atoms with van der Waals surface area (Å²) in [6.45, 7) is 5.82. The summed E-state index contributed by atoms with van der Waals surface area (Å²) >= 11 is 5.66. The van der Waals surface area contributed by atoms with Crippen LogP contribution in [0.1, 0.15) is 26.8 Å². The topological polar surface area (TPSA) is 76.9 Å². The molecule has 2 rings (SSSR count). The summed E-state index contributed by atoms with van der Waals surface area (Å²) in [6.07, 6.45) is 3.19. The minimum absolute atomic E-state index is 0.0141. The van der Waals surface area contributed by atoms with E-state index in [1.54, 1.807) is 23.9 Å². The summed E-state index contributed by atoms with van der Waals surface area (Å²) in [4.78, 5) is 4.29. The predicted octanol–water partition coefficient (Wildman–Crippen LogP) is 2.63. The van der Waals surface area contributed by atoms with Crippen LogP contribution in [0.25, 0.3) is 11.0 Å². The van der Waals surface area contributed by atoms with E-state index >= 15 is 0 Å². The van der Waals surface area contributed by atoms with Gasteiger partial charge in [0, 0.05) is 17.3 Å². The smallest absolute Gasteiger partial charge is 0.233 e. The quantitative estimate of drug-likeness (QED) is 0.826. The Bertz CT molecular complexity index is 727. The van der Waals surface area contributed by atoms with Gasteiger partial charge < -0.3 is 0 Å².